The second-order valence-corrected chi connectivity index (χ2v) is 7.35. The number of fused-ring (bicyclic) bond motifs is 4. The van der Waals surface area contributed by atoms with Crippen LogP contribution in [0.25, 0.3) is 29.6 Å². The Morgan fingerprint density at radius 1 is 0.842 bits per heavy atom. The molecule has 2 aromatic carbocycles. The predicted molar refractivity (Wildman–Crippen MR) is 88.7 cm³/mol. The molecule has 0 saturated heterocycles. The molecule has 0 atom stereocenters. The van der Waals surface area contributed by atoms with Gasteiger partial charge in [0, 0.05) is 24.6 Å². The highest BCUT2D eigenvalue weighted by Crippen LogP contribution is 2.38. The van der Waals surface area contributed by atoms with E-state index in [1.165, 1.54) is 5.39 Å². The zero-order valence-corrected chi connectivity index (χ0v) is 12.9. The lowest BCUT2D eigenvalue weighted by Crippen LogP contribution is -1.97. The van der Waals surface area contributed by atoms with Crippen molar-refractivity contribution in [1.29, 1.82) is 0 Å². The third-order valence-electron chi connectivity index (χ3n) is 3.16. The molecular weight excluding hydrogens is 340 g/mol. The van der Waals surface area contributed by atoms with Crippen LogP contribution in [0.4, 0.5) is 0 Å². The molecular formula is C15H7BrOS2. The van der Waals surface area contributed by atoms with Gasteiger partial charge in [-0.1, -0.05) is 34.1 Å². The van der Waals surface area contributed by atoms with Crippen LogP contribution in [0.1, 0.15) is 0 Å². The predicted octanol–water partition coefficient (Wildman–Crippen LogP) is 5.39. The Bertz CT molecular complexity index is 997. The first kappa shape index (κ1) is 11.6. The molecule has 0 aliphatic carbocycles. The number of hydrogen-bond donors (Lipinski definition) is 0. The molecule has 4 rings (SSSR count). The molecule has 0 amide bonds. The summed E-state index contributed by atoms with van der Waals surface area (Å²) < 4.78 is 5.25. The second-order valence-electron chi connectivity index (χ2n) is 4.33. The Morgan fingerprint density at radius 3 is 2.53 bits per heavy atom. The third-order valence-corrected chi connectivity index (χ3v) is 6.13. The number of hydrogen-bond acceptors (Lipinski definition) is 3. The van der Waals surface area contributed by atoms with Gasteiger partial charge in [0.25, 0.3) is 0 Å². The van der Waals surface area contributed by atoms with Gasteiger partial charge in [-0.3, -0.25) is 4.79 Å². The van der Waals surface area contributed by atoms with Gasteiger partial charge < -0.3 is 0 Å². The van der Waals surface area contributed by atoms with Crippen molar-refractivity contribution in [2.24, 2.45) is 0 Å². The fourth-order valence-corrected chi connectivity index (χ4v) is 5.30. The van der Waals surface area contributed by atoms with E-state index in [4.69, 9.17) is 0 Å². The number of halogens is 1. The van der Waals surface area contributed by atoms with E-state index >= 15 is 0 Å². The van der Waals surface area contributed by atoms with Crippen molar-refractivity contribution in [2.75, 3.05) is 0 Å². The lowest BCUT2D eigenvalue weighted by atomic mass is 10.2. The molecule has 1 nitrogen and oxygen atoms in total. The summed E-state index contributed by atoms with van der Waals surface area (Å²) in [6.45, 7) is 0. The molecule has 0 fully saturated rings. The van der Waals surface area contributed by atoms with Gasteiger partial charge in [0.15, 0.2) is 0 Å². The molecule has 0 saturated carbocycles. The molecule has 0 N–H and O–H groups in total. The van der Waals surface area contributed by atoms with Crippen LogP contribution >= 0.6 is 38.6 Å². The molecule has 0 radical (unpaired) electrons. The van der Waals surface area contributed by atoms with Crippen molar-refractivity contribution in [3.63, 3.8) is 0 Å². The largest absolute Gasteiger partial charge is 0.288 e. The van der Waals surface area contributed by atoms with Crippen LogP contribution < -0.4 is 5.43 Å². The molecule has 19 heavy (non-hydrogen) atoms. The highest BCUT2D eigenvalue weighted by atomic mass is 79.9. The quantitative estimate of drug-likeness (QED) is 0.417. The summed E-state index contributed by atoms with van der Waals surface area (Å²) in [5.74, 6) is 0. The first-order chi connectivity index (χ1) is 9.24. The van der Waals surface area contributed by atoms with Crippen LogP contribution in [0.2, 0.25) is 0 Å². The summed E-state index contributed by atoms with van der Waals surface area (Å²) in [7, 11) is 0. The van der Waals surface area contributed by atoms with Crippen molar-refractivity contribution >= 4 is 68.2 Å². The van der Waals surface area contributed by atoms with Gasteiger partial charge in [-0.2, -0.15) is 0 Å². The van der Waals surface area contributed by atoms with Crippen LogP contribution in [0.5, 0.6) is 0 Å². The van der Waals surface area contributed by atoms with Crippen molar-refractivity contribution in [3.05, 3.63) is 57.2 Å². The average molecular weight is 347 g/mol. The van der Waals surface area contributed by atoms with Crippen LogP contribution in [0, 0.1) is 0 Å². The molecule has 4 heteroatoms. The Morgan fingerprint density at radius 2 is 1.63 bits per heavy atom. The van der Waals surface area contributed by atoms with Crippen LogP contribution in [0.15, 0.2) is 51.7 Å². The highest BCUT2D eigenvalue weighted by Gasteiger charge is 2.11. The maximum Gasteiger partial charge on any atom is 0.205 e. The molecule has 0 unspecified atom stereocenters. The van der Waals surface area contributed by atoms with Crippen molar-refractivity contribution in [1.82, 2.24) is 0 Å². The molecule has 0 aliphatic rings. The summed E-state index contributed by atoms with van der Waals surface area (Å²) in [5, 5.41) is 2.00. The number of rotatable bonds is 0. The monoisotopic (exact) mass is 346 g/mol. The van der Waals surface area contributed by atoms with E-state index < -0.39 is 0 Å². The standard InChI is InChI=1S/C15H7BrOS2/c16-8-5-6-10-12(7-8)19-15-13(17)9-3-1-2-4-11(9)18-14(10)15/h1-7H. The van der Waals surface area contributed by atoms with Gasteiger partial charge in [0.1, 0.15) is 0 Å². The Labute approximate surface area is 125 Å². The molecule has 2 aromatic heterocycles. The van der Waals surface area contributed by atoms with Crippen LogP contribution in [-0.4, -0.2) is 0 Å². The lowest BCUT2D eigenvalue weighted by molar-refractivity contribution is 1.78. The summed E-state index contributed by atoms with van der Waals surface area (Å²) in [5.41, 5.74) is 0.154. The second kappa shape index (κ2) is 4.13. The molecule has 92 valence electrons. The first-order valence-electron chi connectivity index (χ1n) is 5.77. The molecule has 4 aromatic rings. The summed E-state index contributed by atoms with van der Waals surface area (Å²) >= 11 is 6.77. The normalized spacial score (nSPS) is 11.6. The topological polar surface area (TPSA) is 17.1 Å². The van der Waals surface area contributed by atoms with Crippen molar-refractivity contribution in [2.45, 2.75) is 0 Å². The van der Waals surface area contributed by atoms with Crippen molar-refractivity contribution < 1.29 is 0 Å². The van der Waals surface area contributed by atoms with E-state index in [-0.39, 0.29) is 5.43 Å². The van der Waals surface area contributed by atoms with E-state index in [9.17, 15) is 4.79 Å². The maximum absolute atomic E-state index is 12.5. The lowest BCUT2D eigenvalue weighted by Gasteiger charge is -1.96. The fourth-order valence-electron chi connectivity index (χ4n) is 2.27. The van der Waals surface area contributed by atoms with Gasteiger partial charge in [-0.25, -0.2) is 0 Å². The van der Waals surface area contributed by atoms with E-state index in [0.29, 0.717) is 0 Å². The Hall–Kier alpha value is -1.23. The molecule has 2 heterocycles. The average Bonchev–Trinajstić information content (AvgIpc) is 2.77. The Kier molecular flexibility index (Phi) is 2.52. The van der Waals surface area contributed by atoms with Gasteiger partial charge in [-0.15, -0.1) is 22.7 Å². The number of benzene rings is 2. The van der Waals surface area contributed by atoms with Gasteiger partial charge in [0.2, 0.25) is 5.43 Å². The van der Waals surface area contributed by atoms with Gasteiger partial charge >= 0.3 is 0 Å². The maximum atomic E-state index is 12.5. The van der Waals surface area contributed by atoms with Crippen LogP contribution in [-0.2, 0) is 0 Å². The van der Waals surface area contributed by atoms with Crippen LogP contribution in [0.3, 0.4) is 0 Å². The fraction of sp³-hybridized carbons (Fsp3) is 0. The first-order valence-corrected chi connectivity index (χ1v) is 8.20. The van der Waals surface area contributed by atoms with Gasteiger partial charge in [-0.05, 0) is 24.3 Å². The van der Waals surface area contributed by atoms with E-state index in [0.717, 1.165) is 28.7 Å². The van der Waals surface area contributed by atoms with E-state index in [1.54, 1.807) is 22.7 Å². The minimum absolute atomic E-state index is 0.154. The third kappa shape index (κ3) is 1.67. The highest BCUT2D eigenvalue weighted by molar-refractivity contribution is 9.10. The van der Waals surface area contributed by atoms with Gasteiger partial charge in [0.05, 0.1) is 9.40 Å². The van der Waals surface area contributed by atoms with E-state index in [1.807, 2.05) is 30.3 Å². The molecule has 0 bridgehead atoms. The molecule has 0 spiro atoms. The minimum atomic E-state index is 0.154. The smallest absolute Gasteiger partial charge is 0.205 e. The van der Waals surface area contributed by atoms with Crippen molar-refractivity contribution in [3.8, 4) is 0 Å². The summed E-state index contributed by atoms with van der Waals surface area (Å²) in [4.78, 5) is 12.5. The molecule has 0 aliphatic heterocycles. The minimum Gasteiger partial charge on any atom is -0.288 e. The summed E-state index contributed by atoms with van der Waals surface area (Å²) in [6, 6.07) is 14.0. The Balaban J connectivity index is 2.32. The zero-order valence-electron chi connectivity index (χ0n) is 9.64. The SMILES string of the molecule is O=c1c2ccccc2sc2c1sc1cc(Br)ccc12. The van der Waals surface area contributed by atoms with E-state index in [2.05, 4.69) is 28.1 Å². The zero-order chi connectivity index (χ0) is 13.0. The number of thiophene rings is 1. The summed E-state index contributed by atoms with van der Waals surface area (Å²) in [6.07, 6.45) is 0.